The summed E-state index contributed by atoms with van der Waals surface area (Å²) < 4.78 is 24.3. The summed E-state index contributed by atoms with van der Waals surface area (Å²) >= 11 is 0. The van der Waals surface area contributed by atoms with Gasteiger partial charge in [-0.25, -0.2) is 4.39 Å². The molecule has 0 spiro atoms. The molecule has 1 aromatic heterocycles. The summed E-state index contributed by atoms with van der Waals surface area (Å²) in [5, 5.41) is 13.4. The molecule has 1 aromatic carbocycles. The minimum atomic E-state index is -1.21. The van der Waals surface area contributed by atoms with Crippen molar-refractivity contribution in [3.63, 3.8) is 0 Å². The largest absolute Gasteiger partial charge is 0.497 e. The molecule has 2 rings (SSSR count). The number of methoxy groups -OCH3 is 1. The molecular formula is C16H20FN3O4. The first-order valence-corrected chi connectivity index (χ1v) is 7.42. The summed E-state index contributed by atoms with van der Waals surface area (Å²) in [5.41, 5.74) is 0.00736. The highest BCUT2D eigenvalue weighted by Gasteiger charge is 2.29. The van der Waals surface area contributed by atoms with E-state index in [1.807, 2.05) is 13.8 Å². The third-order valence-electron chi connectivity index (χ3n) is 3.56. The van der Waals surface area contributed by atoms with E-state index < -0.39 is 17.8 Å². The molecule has 130 valence electrons. The lowest BCUT2D eigenvalue weighted by Gasteiger charge is -2.24. The Bertz CT molecular complexity index is 717. The number of aliphatic carboxylic acids is 1. The highest BCUT2D eigenvalue weighted by molar-refractivity contribution is 5.75. The van der Waals surface area contributed by atoms with Gasteiger partial charge < -0.3 is 14.4 Å². The third-order valence-corrected chi connectivity index (χ3v) is 3.56. The number of halogens is 1. The Hall–Kier alpha value is -2.48. The predicted molar refractivity (Wildman–Crippen MR) is 83.2 cm³/mol. The van der Waals surface area contributed by atoms with Gasteiger partial charge in [-0.15, -0.1) is 0 Å². The zero-order valence-corrected chi connectivity index (χ0v) is 14.0. The fourth-order valence-corrected chi connectivity index (χ4v) is 2.29. The van der Waals surface area contributed by atoms with E-state index >= 15 is 0 Å². The average molecular weight is 337 g/mol. The Morgan fingerprint density at radius 3 is 2.71 bits per heavy atom. The van der Waals surface area contributed by atoms with E-state index in [2.05, 4.69) is 10.1 Å². The van der Waals surface area contributed by atoms with Gasteiger partial charge in [-0.05, 0) is 25.2 Å². The van der Waals surface area contributed by atoms with Crippen molar-refractivity contribution in [2.45, 2.75) is 32.4 Å². The molecule has 1 heterocycles. The molecule has 1 N–H and O–H groups in total. The number of benzene rings is 1. The smallest absolute Gasteiger partial charge is 0.325 e. The van der Waals surface area contributed by atoms with E-state index in [0.29, 0.717) is 11.6 Å². The number of hydrogen-bond acceptors (Lipinski definition) is 6. The van der Waals surface area contributed by atoms with Gasteiger partial charge in [0.2, 0.25) is 5.89 Å². The predicted octanol–water partition coefficient (Wildman–Crippen LogP) is 2.60. The van der Waals surface area contributed by atoms with Gasteiger partial charge in [0.1, 0.15) is 17.6 Å². The number of ether oxygens (including phenoxy) is 1. The standard InChI is InChI=1S/C16H20FN3O4/c1-9(2)15-18-13(24-19-15)8-20(3)14(16(21)22)11-7-10(23-4)5-6-12(11)17/h5-7,9,14H,8H2,1-4H3,(H,21,22). The Kier molecular flexibility index (Phi) is 5.50. The minimum absolute atomic E-state index is 0.00736. The first kappa shape index (κ1) is 17.9. The minimum Gasteiger partial charge on any atom is -0.497 e. The third kappa shape index (κ3) is 3.88. The van der Waals surface area contributed by atoms with E-state index in [9.17, 15) is 14.3 Å². The highest BCUT2D eigenvalue weighted by atomic mass is 19.1. The van der Waals surface area contributed by atoms with Gasteiger partial charge >= 0.3 is 5.97 Å². The van der Waals surface area contributed by atoms with Crippen molar-refractivity contribution in [3.05, 3.63) is 41.3 Å². The second-order valence-electron chi connectivity index (χ2n) is 5.74. The highest BCUT2D eigenvalue weighted by Crippen LogP contribution is 2.27. The first-order chi connectivity index (χ1) is 11.3. The molecule has 1 atom stereocenters. The molecule has 7 nitrogen and oxygen atoms in total. The van der Waals surface area contributed by atoms with Crippen molar-refractivity contribution in [1.82, 2.24) is 15.0 Å². The molecule has 0 fully saturated rings. The van der Waals surface area contributed by atoms with Crippen molar-refractivity contribution in [3.8, 4) is 5.75 Å². The van der Waals surface area contributed by atoms with Crippen LogP contribution in [0.5, 0.6) is 5.75 Å². The summed E-state index contributed by atoms with van der Waals surface area (Å²) in [6, 6.07) is 2.78. The molecule has 1 unspecified atom stereocenters. The van der Waals surface area contributed by atoms with Crippen LogP contribution in [0, 0.1) is 5.82 Å². The van der Waals surface area contributed by atoms with Gasteiger partial charge in [-0.1, -0.05) is 19.0 Å². The molecule has 2 aromatic rings. The molecule has 0 radical (unpaired) electrons. The molecule has 0 amide bonds. The number of carboxylic acid groups (broad SMARTS) is 1. The Labute approximate surface area is 139 Å². The lowest BCUT2D eigenvalue weighted by atomic mass is 10.0. The summed E-state index contributed by atoms with van der Waals surface area (Å²) in [5.74, 6) is -0.518. The Balaban J connectivity index is 2.28. The summed E-state index contributed by atoms with van der Waals surface area (Å²) in [7, 11) is 2.99. The topological polar surface area (TPSA) is 88.7 Å². The zero-order valence-electron chi connectivity index (χ0n) is 14.0. The van der Waals surface area contributed by atoms with Crippen LogP contribution < -0.4 is 4.74 Å². The molecule has 24 heavy (non-hydrogen) atoms. The monoisotopic (exact) mass is 337 g/mol. The maximum Gasteiger partial charge on any atom is 0.325 e. The SMILES string of the molecule is COc1ccc(F)c(C(C(=O)O)N(C)Cc2nc(C(C)C)no2)c1. The molecule has 0 aliphatic heterocycles. The fraction of sp³-hybridized carbons (Fsp3) is 0.438. The van der Waals surface area contributed by atoms with Crippen molar-refractivity contribution in [2.75, 3.05) is 14.2 Å². The molecule has 0 aliphatic rings. The van der Waals surface area contributed by atoms with E-state index in [0.717, 1.165) is 0 Å². The average Bonchev–Trinajstić information content (AvgIpc) is 2.97. The van der Waals surface area contributed by atoms with Crippen molar-refractivity contribution in [2.24, 2.45) is 0 Å². The van der Waals surface area contributed by atoms with Gasteiger partial charge in [0.15, 0.2) is 5.82 Å². The molecule has 8 heteroatoms. The summed E-state index contributed by atoms with van der Waals surface area (Å²) in [4.78, 5) is 17.3. The lowest BCUT2D eigenvalue weighted by molar-refractivity contribution is -0.143. The number of carboxylic acids is 1. The number of nitrogens with zero attached hydrogens (tertiary/aromatic N) is 3. The van der Waals surface area contributed by atoms with Crippen LogP contribution >= 0.6 is 0 Å². The second-order valence-corrected chi connectivity index (χ2v) is 5.74. The van der Waals surface area contributed by atoms with E-state index in [4.69, 9.17) is 9.26 Å². The fourth-order valence-electron chi connectivity index (χ4n) is 2.29. The van der Waals surface area contributed by atoms with Crippen molar-refractivity contribution in [1.29, 1.82) is 0 Å². The maximum atomic E-state index is 14.1. The lowest BCUT2D eigenvalue weighted by Crippen LogP contribution is -2.31. The maximum absolute atomic E-state index is 14.1. The van der Waals surface area contributed by atoms with Crippen LogP contribution in [0.25, 0.3) is 0 Å². The normalized spacial score (nSPS) is 12.6. The van der Waals surface area contributed by atoms with Gasteiger partial charge in [-0.2, -0.15) is 4.98 Å². The molecular weight excluding hydrogens is 317 g/mol. The number of aromatic nitrogens is 2. The van der Waals surface area contributed by atoms with Crippen LogP contribution in [-0.4, -0.2) is 40.3 Å². The van der Waals surface area contributed by atoms with Crippen LogP contribution in [0.3, 0.4) is 0 Å². The van der Waals surface area contributed by atoms with Gasteiger partial charge in [0, 0.05) is 11.5 Å². The van der Waals surface area contributed by atoms with Crippen LogP contribution in [-0.2, 0) is 11.3 Å². The van der Waals surface area contributed by atoms with Crippen molar-refractivity contribution >= 4 is 5.97 Å². The Morgan fingerprint density at radius 1 is 1.46 bits per heavy atom. The van der Waals surface area contributed by atoms with E-state index in [1.165, 1.54) is 30.2 Å². The number of likely N-dealkylation sites (N-methyl/N-ethyl adjacent to an activating group) is 1. The Morgan fingerprint density at radius 2 is 2.17 bits per heavy atom. The van der Waals surface area contributed by atoms with Crippen LogP contribution in [0.4, 0.5) is 4.39 Å². The molecule has 0 aliphatic carbocycles. The number of rotatable bonds is 7. The van der Waals surface area contributed by atoms with E-state index in [-0.39, 0.29) is 23.9 Å². The summed E-state index contributed by atoms with van der Waals surface area (Å²) in [6.07, 6.45) is 0. The van der Waals surface area contributed by atoms with Gasteiger partial charge in [-0.3, -0.25) is 9.69 Å². The number of hydrogen-bond donors (Lipinski definition) is 1. The van der Waals surface area contributed by atoms with Gasteiger partial charge in [0.25, 0.3) is 0 Å². The quantitative estimate of drug-likeness (QED) is 0.830. The number of carbonyl (C=O) groups is 1. The molecule has 0 saturated carbocycles. The first-order valence-electron chi connectivity index (χ1n) is 7.42. The van der Waals surface area contributed by atoms with Crippen molar-refractivity contribution < 1.29 is 23.6 Å². The van der Waals surface area contributed by atoms with Crippen LogP contribution in [0.2, 0.25) is 0 Å². The second kappa shape index (κ2) is 7.39. The van der Waals surface area contributed by atoms with Gasteiger partial charge in [0.05, 0.1) is 13.7 Å². The van der Waals surface area contributed by atoms with E-state index in [1.54, 1.807) is 7.05 Å². The summed E-state index contributed by atoms with van der Waals surface area (Å²) in [6.45, 7) is 3.92. The molecule has 0 bridgehead atoms. The zero-order chi connectivity index (χ0) is 17.9. The van der Waals surface area contributed by atoms with Crippen LogP contribution in [0.15, 0.2) is 22.7 Å². The van der Waals surface area contributed by atoms with Crippen LogP contribution in [0.1, 0.15) is 43.1 Å². The molecule has 0 saturated heterocycles.